The Morgan fingerprint density at radius 1 is 1.27 bits per heavy atom. The number of carbonyl (C=O) groups is 1. The fraction of sp³-hybridized carbons (Fsp3) is 0.368. The molecule has 0 aliphatic heterocycles. The summed E-state index contributed by atoms with van der Waals surface area (Å²) in [7, 11) is -1.41. The molecule has 0 amide bonds. The summed E-state index contributed by atoms with van der Waals surface area (Å²) in [6.45, 7) is 7.27. The number of hydrogen-bond donors (Lipinski definition) is 2. The maximum absolute atomic E-state index is 12.6. The molecule has 2 rings (SSSR count). The molecule has 2 N–H and O–H groups in total. The first-order chi connectivity index (χ1) is 12.0. The summed E-state index contributed by atoms with van der Waals surface area (Å²) in [4.78, 5) is 12.2. The van der Waals surface area contributed by atoms with E-state index in [0.717, 1.165) is 16.0 Å². The van der Waals surface area contributed by atoms with E-state index in [2.05, 4.69) is 10.8 Å². The van der Waals surface area contributed by atoms with Crippen LogP contribution in [0, 0.1) is 11.3 Å². The minimum Gasteiger partial charge on any atom is -0.481 e. The molecule has 0 saturated carbocycles. The molecule has 26 heavy (non-hydrogen) atoms. The van der Waals surface area contributed by atoms with Crippen molar-refractivity contribution in [3.8, 4) is 17.2 Å². The maximum Gasteiger partial charge on any atom is 0.305 e. The first-order valence-electron chi connectivity index (χ1n) is 8.06. The third kappa shape index (κ3) is 4.79. The van der Waals surface area contributed by atoms with Gasteiger partial charge < -0.3 is 5.11 Å². The lowest BCUT2D eigenvalue weighted by molar-refractivity contribution is -0.138. The normalized spacial score (nSPS) is 15.0. The minimum atomic E-state index is -1.41. The van der Waals surface area contributed by atoms with Crippen molar-refractivity contribution in [1.29, 1.82) is 5.26 Å². The number of nitrogens with zero attached hydrogens (tertiary/aromatic N) is 1. The van der Waals surface area contributed by atoms with Gasteiger partial charge in [-0.2, -0.15) is 5.26 Å². The molecule has 1 unspecified atom stereocenters. The molecule has 7 heteroatoms. The van der Waals surface area contributed by atoms with Crippen LogP contribution in [0.4, 0.5) is 0 Å². The molecule has 138 valence electrons. The molecule has 0 spiro atoms. The largest absolute Gasteiger partial charge is 0.481 e. The molecule has 0 fully saturated rings. The molecule has 0 bridgehead atoms. The summed E-state index contributed by atoms with van der Waals surface area (Å²) in [6.07, 6.45) is -0.187. The van der Waals surface area contributed by atoms with Crippen molar-refractivity contribution >= 4 is 28.3 Å². The van der Waals surface area contributed by atoms with Crippen molar-refractivity contribution < 1.29 is 14.1 Å². The van der Waals surface area contributed by atoms with Crippen LogP contribution < -0.4 is 4.72 Å². The Morgan fingerprint density at radius 2 is 1.96 bits per heavy atom. The molecule has 2 aromatic rings. The topological polar surface area (TPSA) is 90.2 Å². The Bertz CT molecular complexity index is 877. The van der Waals surface area contributed by atoms with E-state index in [0.29, 0.717) is 5.56 Å². The number of carboxylic acid groups (broad SMARTS) is 1. The van der Waals surface area contributed by atoms with E-state index in [9.17, 15) is 14.1 Å². The highest BCUT2D eigenvalue weighted by molar-refractivity contribution is 7.84. The summed E-state index contributed by atoms with van der Waals surface area (Å²) in [5.74, 6) is -0.965. The Hall–Kier alpha value is -2.01. The average molecular weight is 391 g/mol. The van der Waals surface area contributed by atoms with Crippen molar-refractivity contribution in [2.75, 3.05) is 0 Å². The number of thiophene rings is 1. The number of nitriles is 1. The van der Waals surface area contributed by atoms with Crippen molar-refractivity contribution in [2.45, 2.75) is 44.4 Å². The smallest absolute Gasteiger partial charge is 0.305 e. The zero-order valence-corrected chi connectivity index (χ0v) is 16.8. The Balaban J connectivity index is 2.40. The highest BCUT2D eigenvalue weighted by Crippen LogP contribution is 2.35. The standard InChI is InChI=1S/C19H22N2O3S2/c1-18(2,3)26(24)21-19(4,10-17(22)23)16-9-15(12-25-16)14-7-5-6-13(8-14)11-20/h5-9,12,21H,10H2,1-4H3,(H,22,23)/t19-,26?/m0/s1. The Kier molecular flexibility index (Phi) is 6.02. The summed E-state index contributed by atoms with van der Waals surface area (Å²) in [5.41, 5.74) is 1.40. The van der Waals surface area contributed by atoms with E-state index < -0.39 is 27.2 Å². The maximum atomic E-state index is 12.6. The minimum absolute atomic E-state index is 0.187. The van der Waals surface area contributed by atoms with Crippen LogP contribution in [0.25, 0.3) is 11.1 Å². The third-order valence-electron chi connectivity index (χ3n) is 3.85. The van der Waals surface area contributed by atoms with E-state index in [1.165, 1.54) is 11.3 Å². The first-order valence-corrected chi connectivity index (χ1v) is 10.1. The van der Waals surface area contributed by atoms with Gasteiger partial charge >= 0.3 is 5.97 Å². The average Bonchev–Trinajstić information content (AvgIpc) is 3.04. The lowest BCUT2D eigenvalue weighted by Gasteiger charge is -2.31. The molecule has 0 aliphatic carbocycles. The highest BCUT2D eigenvalue weighted by atomic mass is 32.2. The van der Waals surface area contributed by atoms with E-state index in [1.807, 2.05) is 44.4 Å². The van der Waals surface area contributed by atoms with Crippen LogP contribution >= 0.6 is 11.3 Å². The fourth-order valence-electron chi connectivity index (χ4n) is 2.38. The molecule has 2 atom stereocenters. The lowest BCUT2D eigenvalue weighted by atomic mass is 9.95. The Morgan fingerprint density at radius 3 is 2.54 bits per heavy atom. The number of aliphatic carboxylic acids is 1. The molecular weight excluding hydrogens is 368 g/mol. The van der Waals surface area contributed by atoms with Crippen LogP contribution in [0.15, 0.2) is 35.7 Å². The van der Waals surface area contributed by atoms with E-state index >= 15 is 0 Å². The Labute approximate surface area is 160 Å². The first kappa shape index (κ1) is 20.3. The van der Waals surface area contributed by atoms with Crippen LogP contribution in [-0.2, 0) is 21.3 Å². The second-order valence-corrected chi connectivity index (χ2v) is 10.2. The lowest BCUT2D eigenvalue weighted by Crippen LogP contribution is -2.46. The van der Waals surface area contributed by atoms with Crippen molar-refractivity contribution in [3.05, 3.63) is 46.2 Å². The third-order valence-corrected chi connectivity index (χ3v) is 6.79. The van der Waals surface area contributed by atoms with Crippen molar-refractivity contribution in [3.63, 3.8) is 0 Å². The predicted molar refractivity (Wildman–Crippen MR) is 105 cm³/mol. The van der Waals surface area contributed by atoms with Gasteiger partial charge in [0.05, 0.1) is 39.3 Å². The number of carboxylic acids is 1. The van der Waals surface area contributed by atoms with Gasteiger partial charge in [0.25, 0.3) is 0 Å². The van der Waals surface area contributed by atoms with Gasteiger partial charge in [-0.25, -0.2) is 8.93 Å². The number of rotatable bonds is 6. The van der Waals surface area contributed by atoms with E-state index in [1.54, 1.807) is 19.1 Å². The van der Waals surface area contributed by atoms with E-state index in [4.69, 9.17) is 5.26 Å². The molecule has 5 nitrogen and oxygen atoms in total. The second kappa shape index (κ2) is 7.70. The van der Waals surface area contributed by atoms with Crippen molar-refractivity contribution in [1.82, 2.24) is 4.72 Å². The quantitative estimate of drug-likeness (QED) is 0.779. The molecule has 1 aromatic heterocycles. The second-order valence-electron chi connectivity index (χ2n) is 7.28. The molecule has 0 saturated heterocycles. The van der Waals surface area contributed by atoms with Crippen molar-refractivity contribution in [2.24, 2.45) is 0 Å². The van der Waals surface area contributed by atoms with Crippen LogP contribution in [0.5, 0.6) is 0 Å². The number of hydrogen-bond acceptors (Lipinski definition) is 4. The van der Waals surface area contributed by atoms with Crippen LogP contribution in [0.1, 0.15) is 44.6 Å². The van der Waals surface area contributed by atoms with E-state index in [-0.39, 0.29) is 6.42 Å². The van der Waals surface area contributed by atoms with Gasteiger partial charge in [-0.3, -0.25) is 4.79 Å². The zero-order valence-electron chi connectivity index (χ0n) is 15.2. The molecule has 0 radical (unpaired) electrons. The summed E-state index contributed by atoms with van der Waals surface area (Å²) < 4.78 is 15.1. The molecule has 0 aliphatic rings. The molecular formula is C19H22N2O3S2. The summed E-state index contributed by atoms with van der Waals surface area (Å²) >= 11 is 1.42. The van der Waals surface area contributed by atoms with Gasteiger partial charge in [0.15, 0.2) is 0 Å². The molecule has 1 heterocycles. The summed E-state index contributed by atoms with van der Waals surface area (Å²) in [5, 5.41) is 20.3. The van der Waals surface area contributed by atoms with Gasteiger partial charge in [-0.15, -0.1) is 11.3 Å². The van der Waals surface area contributed by atoms with Crippen LogP contribution in [-0.4, -0.2) is 20.0 Å². The summed E-state index contributed by atoms with van der Waals surface area (Å²) in [6, 6.07) is 11.3. The number of nitrogens with one attached hydrogen (secondary N) is 1. The molecule has 1 aromatic carbocycles. The van der Waals surface area contributed by atoms with Gasteiger partial charge in [-0.05, 0) is 62.4 Å². The fourth-order valence-corrected chi connectivity index (χ4v) is 4.38. The van der Waals surface area contributed by atoms with Crippen LogP contribution in [0.3, 0.4) is 0 Å². The van der Waals surface area contributed by atoms with Gasteiger partial charge in [0.2, 0.25) is 0 Å². The number of benzene rings is 1. The van der Waals surface area contributed by atoms with Gasteiger partial charge in [0, 0.05) is 4.88 Å². The predicted octanol–water partition coefficient (Wildman–Crippen LogP) is 4.03. The van der Waals surface area contributed by atoms with Crippen LogP contribution in [0.2, 0.25) is 0 Å². The monoisotopic (exact) mass is 390 g/mol. The van der Waals surface area contributed by atoms with Gasteiger partial charge in [-0.1, -0.05) is 12.1 Å². The highest BCUT2D eigenvalue weighted by Gasteiger charge is 2.35. The SMILES string of the molecule is CC(C)(C)S(=O)N[C@@](C)(CC(=O)O)c1cc(-c2cccc(C#N)c2)cs1. The van der Waals surface area contributed by atoms with Gasteiger partial charge in [0.1, 0.15) is 0 Å². The zero-order chi connectivity index (χ0) is 19.5.